The largest absolute Gasteiger partial charge is 0.418 e. The van der Waals surface area contributed by atoms with Crippen LogP contribution in [-0.2, 0) is 6.18 Å². The lowest BCUT2D eigenvalue weighted by Crippen LogP contribution is -2.54. The van der Waals surface area contributed by atoms with E-state index in [0.717, 1.165) is 24.3 Å². The summed E-state index contributed by atoms with van der Waals surface area (Å²) in [4.78, 5) is 9.79. The standard InChI is InChI=1S/C14H17F3N2O3S/c1-2-23-12-5-6-13(12,20)8-18-11-4-3-9(19(21)22)7-10(11)14(15,16)17/h3-4,7,12,18,20H,2,5-6,8H2,1H3. The molecule has 0 spiro atoms. The molecule has 2 atom stereocenters. The van der Waals surface area contributed by atoms with E-state index >= 15 is 0 Å². The van der Waals surface area contributed by atoms with E-state index < -0.39 is 28.0 Å². The number of aliphatic hydroxyl groups is 1. The molecule has 5 nitrogen and oxygen atoms in total. The summed E-state index contributed by atoms with van der Waals surface area (Å²) < 4.78 is 39.2. The van der Waals surface area contributed by atoms with E-state index in [1.54, 1.807) is 11.8 Å². The third-order valence-corrected chi connectivity index (χ3v) is 5.32. The van der Waals surface area contributed by atoms with Crippen molar-refractivity contribution in [3.63, 3.8) is 0 Å². The predicted molar refractivity (Wildman–Crippen MR) is 82.7 cm³/mol. The minimum Gasteiger partial charge on any atom is -0.387 e. The molecule has 2 unspecified atom stereocenters. The highest BCUT2D eigenvalue weighted by Crippen LogP contribution is 2.42. The molecule has 1 aliphatic carbocycles. The highest BCUT2D eigenvalue weighted by molar-refractivity contribution is 8.00. The smallest absolute Gasteiger partial charge is 0.387 e. The van der Waals surface area contributed by atoms with Crippen molar-refractivity contribution in [3.8, 4) is 0 Å². The van der Waals surface area contributed by atoms with Gasteiger partial charge in [-0.2, -0.15) is 24.9 Å². The molecule has 2 N–H and O–H groups in total. The van der Waals surface area contributed by atoms with Gasteiger partial charge in [-0.05, 0) is 24.7 Å². The fourth-order valence-electron chi connectivity index (χ4n) is 2.52. The molecule has 1 saturated carbocycles. The van der Waals surface area contributed by atoms with Crippen LogP contribution in [0.15, 0.2) is 18.2 Å². The van der Waals surface area contributed by atoms with Crippen molar-refractivity contribution >= 4 is 23.1 Å². The molecule has 0 heterocycles. The third-order valence-electron chi connectivity index (χ3n) is 3.91. The SMILES string of the molecule is CCSC1CCC1(O)CNc1ccc([N+](=O)[O-])cc1C(F)(F)F. The Morgan fingerprint density at radius 1 is 1.52 bits per heavy atom. The van der Waals surface area contributed by atoms with Crippen LogP contribution in [-0.4, -0.2) is 33.2 Å². The first-order chi connectivity index (χ1) is 10.7. The Bertz CT molecular complexity index is 597. The van der Waals surface area contributed by atoms with Gasteiger partial charge in [0, 0.05) is 29.6 Å². The summed E-state index contributed by atoms with van der Waals surface area (Å²) in [6, 6.07) is 2.55. The van der Waals surface area contributed by atoms with Gasteiger partial charge in [-0.25, -0.2) is 0 Å². The van der Waals surface area contributed by atoms with E-state index in [4.69, 9.17) is 0 Å². The number of nitro groups is 1. The monoisotopic (exact) mass is 350 g/mol. The average Bonchev–Trinajstić information content (AvgIpc) is 2.48. The maximum Gasteiger partial charge on any atom is 0.418 e. The third kappa shape index (κ3) is 3.89. The first-order valence-electron chi connectivity index (χ1n) is 7.11. The van der Waals surface area contributed by atoms with Gasteiger partial charge in [0.25, 0.3) is 5.69 Å². The number of nitrogens with one attached hydrogen (secondary N) is 1. The van der Waals surface area contributed by atoms with Gasteiger partial charge in [-0.15, -0.1) is 0 Å². The zero-order chi connectivity index (χ0) is 17.3. The summed E-state index contributed by atoms with van der Waals surface area (Å²) in [7, 11) is 0. The number of benzene rings is 1. The topological polar surface area (TPSA) is 75.4 Å². The summed E-state index contributed by atoms with van der Waals surface area (Å²) in [5.41, 5.74) is -3.03. The first-order valence-corrected chi connectivity index (χ1v) is 8.16. The van der Waals surface area contributed by atoms with Gasteiger partial charge in [0.05, 0.1) is 16.1 Å². The zero-order valence-electron chi connectivity index (χ0n) is 12.4. The summed E-state index contributed by atoms with van der Waals surface area (Å²) in [6.45, 7) is 1.93. The summed E-state index contributed by atoms with van der Waals surface area (Å²) in [5, 5.41) is 23.7. The molecule has 0 aliphatic heterocycles. The van der Waals surface area contributed by atoms with Crippen LogP contribution in [0.3, 0.4) is 0 Å². The van der Waals surface area contributed by atoms with E-state index in [2.05, 4.69) is 5.32 Å². The van der Waals surface area contributed by atoms with Crippen molar-refractivity contribution < 1.29 is 23.2 Å². The quantitative estimate of drug-likeness (QED) is 0.605. The summed E-state index contributed by atoms with van der Waals surface area (Å²) in [6.07, 6.45) is -3.37. The number of alkyl halides is 3. The predicted octanol–water partition coefficient (Wildman–Crippen LogP) is 3.67. The molecule has 0 saturated heterocycles. The number of rotatable bonds is 6. The van der Waals surface area contributed by atoms with Crippen molar-refractivity contribution in [1.29, 1.82) is 0 Å². The van der Waals surface area contributed by atoms with Gasteiger partial charge >= 0.3 is 6.18 Å². The van der Waals surface area contributed by atoms with E-state index in [0.29, 0.717) is 12.5 Å². The second kappa shape index (κ2) is 6.56. The van der Waals surface area contributed by atoms with Gasteiger partial charge < -0.3 is 10.4 Å². The van der Waals surface area contributed by atoms with E-state index in [9.17, 15) is 28.4 Å². The number of non-ortho nitro benzene ring substituents is 1. The van der Waals surface area contributed by atoms with Crippen LogP contribution in [0.2, 0.25) is 0 Å². The summed E-state index contributed by atoms with van der Waals surface area (Å²) in [5.74, 6) is 0.818. The molecule has 9 heteroatoms. The minimum atomic E-state index is -4.71. The van der Waals surface area contributed by atoms with E-state index in [1.807, 2.05) is 6.92 Å². The van der Waals surface area contributed by atoms with Crippen LogP contribution >= 0.6 is 11.8 Å². The fourth-order valence-corrected chi connectivity index (χ4v) is 3.72. The normalized spacial score (nSPS) is 24.1. The number of thioether (sulfide) groups is 1. The van der Waals surface area contributed by atoms with Crippen molar-refractivity contribution in [2.75, 3.05) is 17.6 Å². The van der Waals surface area contributed by atoms with Crippen molar-refractivity contribution in [2.45, 2.75) is 36.8 Å². The Morgan fingerprint density at radius 3 is 2.70 bits per heavy atom. The molecule has 0 aromatic heterocycles. The van der Waals surface area contributed by atoms with Crippen LogP contribution in [0, 0.1) is 10.1 Å². The molecule has 1 aromatic carbocycles. The zero-order valence-corrected chi connectivity index (χ0v) is 13.2. The van der Waals surface area contributed by atoms with Crippen LogP contribution in [0.4, 0.5) is 24.5 Å². The molecule has 0 amide bonds. The molecule has 1 aliphatic rings. The van der Waals surface area contributed by atoms with Gasteiger partial charge in [0.2, 0.25) is 0 Å². The molecule has 128 valence electrons. The first kappa shape index (κ1) is 17.9. The lowest BCUT2D eigenvalue weighted by Gasteiger charge is -2.45. The molecule has 2 rings (SSSR count). The summed E-state index contributed by atoms with van der Waals surface area (Å²) >= 11 is 1.57. The van der Waals surface area contributed by atoms with Gasteiger partial charge in [-0.3, -0.25) is 10.1 Å². The van der Waals surface area contributed by atoms with Crippen LogP contribution < -0.4 is 5.32 Å². The fraction of sp³-hybridized carbons (Fsp3) is 0.571. The molecule has 1 fully saturated rings. The van der Waals surface area contributed by atoms with Crippen LogP contribution in [0.25, 0.3) is 0 Å². The molecule has 0 bridgehead atoms. The number of halogens is 3. The number of anilines is 1. The Labute approximate surface area is 135 Å². The van der Waals surface area contributed by atoms with Crippen molar-refractivity contribution in [2.24, 2.45) is 0 Å². The Kier molecular flexibility index (Phi) is 5.10. The molecular weight excluding hydrogens is 333 g/mol. The van der Waals surface area contributed by atoms with Crippen molar-refractivity contribution in [3.05, 3.63) is 33.9 Å². The molecule has 0 radical (unpaired) electrons. The molecular formula is C14H17F3N2O3S. The van der Waals surface area contributed by atoms with Crippen LogP contribution in [0.1, 0.15) is 25.3 Å². The van der Waals surface area contributed by atoms with Crippen LogP contribution in [0.5, 0.6) is 0 Å². The Hall–Kier alpha value is -1.48. The minimum absolute atomic E-state index is 0.00705. The highest BCUT2D eigenvalue weighted by atomic mass is 32.2. The number of nitro benzene ring substituents is 1. The Morgan fingerprint density at radius 2 is 2.22 bits per heavy atom. The highest BCUT2D eigenvalue weighted by Gasteiger charge is 2.45. The molecule has 1 aromatic rings. The maximum atomic E-state index is 13.1. The second-order valence-corrected chi connectivity index (χ2v) is 6.90. The van der Waals surface area contributed by atoms with Gasteiger partial charge in [0.15, 0.2) is 0 Å². The lowest BCUT2D eigenvalue weighted by atomic mass is 9.79. The lowest BCUT2D eigenvalue weighted by molar-refractivity contribution is -0.385. The van der Waals surface area contributed by atoms with Gasteiger partial charge in [-0.1, -0.05) is 6.92 Å². The van der Waals surface area contributed by atoms with Gasteiger partial charge in [0.1, 0.15) is 0 Å². The number of nitrogens with zero attached hydrogens (tertiary/aromatic N) is 1. The number of hydrogen-bond donors (Lipinski definition) is 2. The second-order valence-electron chi connectivity index (χ2n) is 5.42. The molecule has 23 heavy (non-hydrogen) atoms. The number of hydrogen-bond acceptors (Lipinski definition) is 5. The maximum absolute atomic E-state index is 13.1. The van der Waals surface area contributed by atoms with E-state index in [1.165, 1.54) is 0 Å². The Balaban J connectivity index is 2.18. The van der Waals surface area contributed by atoms with E-state index in [-0.39, 0.29) is 17.5 Å². The van der Waals surface area contributed by atoms with Crippen molar-refractivity contribution in [1.82, 2.24) is 0 Å². The average molecular weight is 350 g/mol.